The Bertz CT molecular complexity index is 611. The number of ether oxygens (including phenoxy) is 1. The predicted molar refractivity (Wildman–Crippen MR) is 75.9 cm³/mol. The van der Waals surface area contributed by atoms with Crippen LogP contribution in [0.4, 0.5) is 5.82 Å². The molecule has 0 aliphatic heterocycles. The lowest BCUT2D eigenvalue weighted by molar-refractivity contribution is -0.121. The van der Waals surface area contributed by atoms with Crippen LogP contribution in [0.2, 0.25) is 0 Å². The molecular formula is C15H14N2O4. The van der Waals surface area contributed by atoms with E-state index in [4.69, 9.17) is 9.84 Å². The minimum absolute atomic E-state index is 0.0633. The second-order valence-electron chi connectivity index (χ2n) is 4.26. The van der Waals surface area contributed by atoms with Crippen molar-refractivity contribution in [3.63, 3.8) is 0 Å². The summed E-state index contributed by atoms with van der Waals surface area (Å²) in [7, 11) is 0. The van der Waals surface area contributed by atoms with Crippen LogP contribution in [-0.4, -0.2) is 28.6 Å². The largest absolute Gasteiger partial charge is 0.478 e. The summed E-state index contributed by atoms with van der Waals surface area (Å²) >= 11 is 0. The van der Waals surface area contributed by atoms with Crippen LogP contribution in [0.1, 0.15) is 15.9 Å². The lowest BCUT2D eigenvalue weighted by Crippen LogP contribution is -2.19. The van der Waals surface area contributed by atoms with Gasteiger partial charge >= 0.3 is 5.97 Å². The summed E-state index contributed by atoms with van der Waals surface area (Å²) in [4.78, 5) is 26.1. The zero-order valence-corrected chi connectivity index (χ0v) is 11.2. The van der Waals surface area contributed by atoms with Crippen LogP contribution in [0.5, 0.6) is 0 Å². The number of pyridine rings is 1. The Labute approximate surface area is 121 Å². The second kappa shape index (κ2) is 7.16. The van der Waals surface area contributed by atoms with E-state index in [0.29, 0.717) is 6.61 Å². The van der Waals surface area contributed by atoms with Crippen molar-refractivity contribution in [2.24, 2.45) is 0 Å². The summed E-state index contributed by atoms with van der Waals surface area (Å²) in [5.74, 6) is -1.12. The minimum atomic E-state index is -1.06. The number of nitrogens with one attached hydrogen (secondary N) is 1. The Hall–Kier alpha value is -2.73. The first-order chi connectivity index (χ1) is 10.1. The Morgan fingerprint density at radius 2 is 1.90 bits per heavy atom. The fourth-order valence-corrected chi connectivity index (χ4v) is 1.61. The number of carboxylic acids is 1. The van der Waals surface area contributed by atoms with Gasteiger partial charge in [0.2, 0.25) is 0 Å². The van der Waals surface area contributed by atoms with Crippen LogP contribution in [0.15, 0.2) is 48.7 Å². The fraction of sp³-hybridized carbons (Fsp3) is 0.133. The molecule has 2 N–H and O–H groups in total. The standard InChI is InChI=1S/C15H14N2O4/c18-14(10-21-9-11-4-2-1-3-5-11)17-13-7-6-12(8-16-13)15(19)20/h1-8H,9-10H2,(H,19,20)(H,16,17,18). The molecule has 0 spiro atoms. The van der Waals surface area contributed by atoms with E-state index in [1.165, 1.54) is 18.3 Å². The summed E-state index contributed by atoms with van der Waals surface area (Å²) in [6.45, 7) is 0.247. The van der Waals surface area contributed by atoms with Gasteiger partial charge in [-0.15, -0.1) is 0 Å². The zero-order valence-electron chi connectivity index (χ0n) is 11.2. The molecule has 0 aliphatic rings. The fourth-order valence-electron chi connectivity index (χ4n) is 1.61. The van der Waals surface area contributed by atoms with Crippen molar-refractivity contribution in [1.82, 2.24) is 4.98 Å². The number of rotatable bonds is 6. The number of aromatic carboxylic acids is 1. The molecule has 0 fully saturated rings. The summed E-state index contributed by atoms with van der Waals surface area (Å²) in [6, 6.07) is 12.3. The first kappa shape index (κ1) is 14.7. The van der Waals surface area contributed by atoms with Gasteiger partial charge in [0.1, 0.15) is 12.4 Å². The highest BCUT2D eigenvalue weighted by Gasteiger charge is 2.06. The van der Waals surface area contributed by atoms with Crippen molar-refractivity contribution in [2.45, 2.75) is 6.61 Å². The predicted octanol–water partition coefficient (Wildman–Crippen LogP) is 1.94. The average Bonchev–Trinajstić information content (AvgIpc) is 2.49. The molecule has 6 nitrogen and oxygen atoms in total. The number of hydrogen-bond donors (Lipinski definition) is 2. The maximum atomic E-state index is 11.6. The molecule has 0 atom stereocenters. The molecule has 0 unspecified atom stereocenters. The number of benzene rings is 1. The maximum Gasteiger partial charge on any atom is 0.337 e. The molecule has 2 rings (SSSR count). The average molecular weight is 286 g/mol. The quantitative estimate of drug-likeness (QED) is 0.847. The Kier molecular flexibility index (Phi) is 5.00. The van der Waals surface area contributed by atoms with Gasteiger partial charge in [0.15, 0.2) is 0 Å². The van der Waals surface area contributed by atoms with Gasteiger partial charge in [0.05, 0.1) is 12.2 Å². The van der Waals surface area contributed by atoms with E-state index in [1.54, 1.807) is 0 Å². The van der Waals surface area contributed by atoms with E-state index in [0.717, 1.165) is 5.56 Å². The highest BCUT2D eigenvalue weighted by Crippen LogP contribution is 2.05. The van der Waals surface area contributed by atoms with Crippen LogP contribution in [0.3, 0.4) is 0 Å². The van der Waals surface area contributed by atoms with E-state index in [9.17, 15) is 9.59 Å². The highest BCUT2D eigenvalue weighted by atomic mass is 16.5. The number of hydrogen-bond acceptors (Lipinski definition) is 4. The lowest BCUT2D eigenvalue weighted by Gasteiger charge is -2.06. The number of amides is 1. The second-order valence-corrected chi connectivity index (χ2v) is 4.26. The molecule has 21 heavy (non-hydrogen) atoms. The summed E-state index contributed by atoms with van der Waals surface area (Å²) in [5.41, 5.74) is 1.04. The Morgan fingerprint density at radius 1 is 1.14 bits per heavy atom. The third kappa shape index (κ3) is 4.70. The van der Waals surface area contributed by atoms with Gasteiger partial charge < -0.3 is 15.2 Å². The van der Waals surface area contributed by atoms with Crippen molar-refractivity contribution >= 4 is 17.7 Å². The number of anilines is 1. The number of aromatic nitrogens is 1. The molecule has 0 bridgehead atoms. The van der Waals surface area contributed by atoms with Crippen LogP contribution in [0, 0.1) is 0 Å². The summed E-state index contributed by atoms with van der Waals surface area (Å²) < 4.78 is 5.28. The van der Waals surface area contributed by atoms with Gasteiger partial charge in [0, 0.05) is 6.20 Å². The normalized spacial score (nSPS) is 10.1. The van der Waals surface area contributed by atoms with Crippen molar-refractivity contribution in [3.05, 3.63) is 59.8 Å². The summed E-state index contributed by atoms with van der Waals surface area (Å²) in [5, 5.41) is 11.3. The van der Waals surface area contributed by atoms with Gasteiger partial charge in [-0.05, 0) is 17.7 Å². The molecule has 1 amide bonds. The smallest absolute Gasteiger partial charge is 0.337 e. The molecule has 1 aromatic heterocycles. The molecule has 1 heterocycles. The van der Waals surface area contributed by atoms with E-state index in [-0.39, 0.29) is 23.9 Å². The molecule has 6 heteroatoms. The molecule has 108 valence electrons. The van der Waals surface area contributed by atoms with Crippen molar-refractivity contribution in [3.8, 4) is 0 Å². The molecular weight excluding hydrogens is 272 g/mol. The highest BCUT2D eigenvalue weighted by molar-refractivity contribution is 5.91. The van der Waals surface area contributed by atoms with E-state index in [2.05, 4.69) is 10.3 Å². The molecule has 0 saturated heterocycles. The first-order valence-corrected chi connectivity index (χ1v) is 6.26. The SMILES string of the molecule is O=C(COCc1ccccc1)Nc1ccc(C(=O)O)cn1. The Morgan fingerprint density at radius 3 is 2.52 bits per heavy atom. The third-order valence-corrected chi connectivity index (χ3v) is 2.62. The lowest BCUT2D eigenvalue weighted by atomic mass is 10.2. The number of carbonyl (C=O) groups is 2. The number of carbonyl (C=O) groups excluding carboxylic acids is 1. The first-order valence-electron chi connectivity index (χ1n) is 6.26. The summed E-state index contributed by atoms with van der Waals surface area (Å²) in [6.07, 6.45) is 1.18. The molecule has 2 aromatic rings. The number of carboxylic acid groups (broad SMARTS) is 1. The molecule has 0 saturated carbocycles. The topological polar surface area (TPSA) is 88.5 Å². The van der Waals surface area contributed by atoms with Crippen LogP contribution in [0.25, 0.3) is 0 Å². The number of nitrogens with zero attached hydrogens (tertiary/aromatic N) is 1. The molecule has 0 aliphatic carbocycles. The van der Waals surface area contributed by atoms with Crippen molar-refractivity contribution in [2.75, 3.05) is 11.9 Å². The van der Waals surface area contributed by atoms with Crippen LogP contribution >= 0.6 is 0 Å². The van der Waals surface area contributed by atoms with Gasteiger partial charge in [-0.1, -0.05) is 30.3 Å². The van der Waals surface area contributed by atoms with Crippen LogP contribution < -0.4 is 5.32 Å². The van der Waals surface area contributed by atoms with Gasteiger partial charge in [0.25, 0.3) is 5.91 Å². The van der Waals surface area contributed by atoms with Gasteiger partial charge in [-0.3, -0.25) is 4.79 Å². The Balaban J connectivity index is 1.78. The third-order valence-electron chi connectivity index (χ3n) is 2.62. The zero-order chi connectivity index (χ0) is 15.1. The minimum Gasteiger partial charge on any atom is -0.478 e. The van der Waals surface area contributed by atoms with E-state index in [1.807, 2.05) is 30.3 Å². The van der Waals surface area contributed by atoms with Gasteiger partial charge in [-0.2, -0.15) is 0 Å². The van der Waals surface area contributed by atoms with Gasteiger partial charge in [-0.25, -0.2) is 9.78 Å². The van der Waals surface area contributed by atoms with E-state index >= 15 is 0 Å². The van der Waals surface area contributed by atoms with Crippen molar-refractivity contribution < 1.29 is 19.4 Å². The molecule has 0 radical (unpaired) electrons. The van der Waals surface area contributed by atoms with Crippen molar-refractivity contribution in [1.29, 1.82) is 0 Å². The van der Waals surface area contributed by atoms with Crippen LogP contribution in [-0.2, 0) is 16.1 Å². The van der Waals surface area contributed by atoms with E-state index < -0.39 is 5.97 Å². The monoisotopic (exact) mass is 286 g/mol. The molecule has 1 aromatic carbocycles. The maximum absolute atomic E-state index is 11.6.